The van der Waals surface area contributed by atoms with Gasteiger partial charge in [0.1, 0.15) is 0 Å². The zero-order chi connectivity index (χ0) is 10.6. The Morgan fingerprint density at radius 3 is 2.86 bits per heavy atom. The number of aryl methyl sites for hydroxylation is 1. The lowest BCUT2D eigenvalue weighted by atomic mass is 10.2. The molecule has 0 bridgehead atoms. The number of benzene rings is 1. The van der Waals surface area contributed by atoms with Crippen LogP contribution in [0.2, 0.25) is 0 Å². The molecule has 1 unspecified atom stereocenters. The van der Waals surface area contributed by atoms with Crippen molar-refractivity contribution in [2.45, 2.75) is 13.0 Å². The standard InChI is InChI=1S/C10H15BrN2O/c1-7-2-3-10(9(11)4-7)13-6-8(14)5-12/h2-4,8,13-14H,5-6,12H2,1H3. The Hall–Kier alpha value is -0.580. The second-order valence-electron chi connectivity index (χ2n) is 3.25. The molecule has 1 aromatic carbocycles. The summed E-state index contributed by atoms with van der Waals surface area (Å²) in [5.41, 5.74) is 7.47. The van der Waals surface area contributed by atoms with Crippen molar-refractivity contribution in [2.75, 3.05) is 18.4 Å². The Kier molecular flexibility index (Phi) is 4.38. The highest BCUT2D eigenvalue weighted by atomic mass is 79.9. The molecule has 1 rings (SSSR count). The number of hydrogen-bond donors (Lipinski definition) is 3. The molecule has 0 aliphatic rings. The molecule has 0 aliphatic heterocycles. The molecular weight excluding hydrogens is 244 g/mol. The van der Waals surface area contributed by atoms with Crippen molar-refractivity contribution in [1.29, 1.82) is 0 Å². The van der Waals surface area contributed by atoms with E-state index in [0.717, 1.165) is 10.2 Å². The van der Waals surface area contributed by atoms with Crippen LogP contribution in [0.1, 0.15) is 5.56 Å². The van der Waals surface area contributed by atoms with Crippen molar-refractivity contribution in [3.63, 3.8) is 0 Å². The number of nitrogens with one attached hydrogen (secondary N) is 1. The number of aliphatic hydroxyl groups excluding tert-OH is 1. The number of rotatable bonds is 4. The largest absolute Gasteiger partial charge is 0.390 e. The third-order valence-electron chi connectivity index (χ3n) is 1.92. The number of nitrogens with two attached hydrogens (primary N) is 1. The van der Waals surface area contributed by atoms with Gasteiger partial charge in [-0.25, -0.2) is 0 Å². The molecule has 0 radical (unpaired) electrons. The van der Waals surface area contributed by atoms with E-state index in [1.807, 2.05) is 25.1 Å². The van der Waals surface area contributed by atoms with Crippen LogP contribution in [0.15, 0.2) is 22.7 Å². The van der Waals surface area contributed by atoms with E-state index in [-0.39, 0.29) is 6.54 Å². The summed E-state index contributed by atoms with van der Waals surface area (Å²) >= 11 is 3.44. The van der Waals surface area contributed by atoms with Crippen LogP contribution in [0.5, 0.6) is 0 Å². The van der Waals surface area contributed by atoms with Crippen molar-refractivity contribution in [1.82, 2.24) is 0 Å². The van der Waals surface area contributed by atoms with E-state index in [0.29, 0.717) is 6.54 Å². The van der Waals surface area contributed by atoms with Gasteiger partial charge in [-0.3, -0.25) is 0 Å². The van der Waals surface area contributed by atoms with E-state index in [1.165, 1.54) is 5.56 Å². The van der Waals surface area contributed by atoms with E-state index >= 15 is 0 Å². The van der Waals surface area contributed by atoms with Gasteiger partial charge in [0.15, 0.2) is 0 Å². The summed E-state index contributed by atoms with van der Waals surface area (Å²) in [7, 11) is 0. The molecule has 4 heteroatoms. The third kappa shape index (κ3) is 3.29. The molecule has 0 heterocycles. The molecule has 0 fully saturated rings. The van der Waals surface area contributed by atoms with Crippen molar-refractivity contribution < 1.29 is 5.11 Å². The van der Waals surface area contributed by atoms with E-state index in [1.54, 1.807) is 0 Å². The lowest BCUT2D eigenvalue weighted by Gasteiger charge is -2.12. The summed E-state index contributed by atoms with van der Waals surface area (Å²) in [6.45, 7) is 2.78. The van der Waals surface area contributed by atoms with E-state index in [9.17, 15) is 5.11 Å². The van der Waals surface area contributed by atoms with Gasteiger partial charge in [0.2, 0.25) is 0 Å². The minimum atomic E-state index is -0.497. The maximum atomic E-state index is 9.26. The van der Waals surface area contributed by atoms with Crippen molar-refractivity contribution in [3.05, 3.63) is 28.2 Å². The summed E-state index contributed by atoms with van der Waals surface area (Å²) in [4.78, 5) is 0. The Balaban J connectivity index is 2.59. The number of aliphatic hydroxyl groups is 1. The van der Waals surface area contributed by atoms with Gasteiger partial charge in [-0.2, -0.15) is 0 Å². The molecule has 0 saturated heterocycles. The van der Waals surface area contributed by atoms with E-state index < -0.39 is 6.10 Å². The zero-order valence-electron chi connectivity index (χ0n) is 8.13. The van der Waals surface area contributed by atoms with Crippen LogP contribution >= 0.6 is 15.9 Å². The number of hydrogen-bond acceptors (Lipinski definition) is 3. The lowest BCUT2D eigenvalue weighted by molar-refractivity contribution is 0.196. The Labute approximate surface area is 92.4 Å². The first-order valence-corrected chi connectivity index (χ1v) is 5.31. The molecule has 4 N–H and O–H groups in total. The quantitative estimate of drug-likeness (QED) is 0.767. The molecule has 3 nitrogen and oxygen atoms in total. The Morgan fingerprint density at radius 2 is 2.29 bits per heavy atom. The molecule has 0 amide bonds. The second kappa shape index (κ2) is 5.34. The fourth-order valence-electron chi connectivity index (χ4n) is 1.07. The maximum absolute atomic E-state index is 9.26. The first kappa shape index (κ1) is 11.5. The first-order valence-electron chi connectivity index (χ1n) is 4.51. The predicted molar refractivity (Wildman–Crippen MR) is 62.4 cm³/mol. The minimum Gasteiger partial charge on any atom is -0.390 e. The smallest absolute Gasteiger partial charge is 0.0834 e. The van der Waals surface area contributed by atoms with Gasteiger partial charge < -0.3 is 16.2 Å². The molecule has 1 atom stereocenters. The average Bonchev–Trinajstić information content (AvgIpc) is 2.16. The fraction of sp³-hybridized carbons (Fsp3) is 0.400. The zero-order valence-corrected chi connectivity index (χ0v) is 9.71. The molecule has 78 valence electrons. The molecule has 1 aromatic rings. The van der Waals surface area contributed by atoms with Crippen molar-refractivity contribution in [3.8, 4) is 0 Å². The number of halogens is 1. The summed E-state index contributed by atoms with van der Waals surface area (Å²) in [6, 6.07) is 6.02. The van der Waals surface area contributed by atoms with E-state index in [4.69, 9.17) is 5.73 Å². The highest BCUT2D eigenvalue weighted by Crippen LogP contribution is 2.23. The van der Waals surface area contributed by atoms with Crippen LogP contribution in [0.4, 0.5) is 5.69 Å². The van der Waals surface area contributed by atoms with Crippen molar-refractivity contribution >= 4 is 21.6 Å². The highest BCUT2D eigenvalue weighted by molar-refractivity contribution is 9.10. The predicted octanol–water partition coefficient (Wildman–Crippen LogP) is 1.49. The van der Waals surface area contributed by atoms with Crippen LogP contribution in [0, 0.1) is 6.92 Å². The van der Waals surface area contributed by atoms with Gasteiger partial charge in [0, 0.05) is 23.2 Å². The van der Waals surface area contributed by atoms with Crippen LogP contribution in [-0.2, 0) is 0 Å². The Morgan fingerprint density at radius 1 is 1.57 bits per heavy atom. The SMILES string of the molecule is Cc1ccc(NCC(O)CN)c(Br)c1. The van der Waals surface area contributed by atoms with Gasteiger partial charge in [-0.1, -0.05) is 6.07 Å². The number of anilines is 1. The average molecular weight is 259 g/mol. The summed E-state index contributed by atoms with van der Waals surface area (Å²) in [5.74, 6) is 0. The summed E-state index contributed by atoms with van der Waals surface area (Å²) < 4.78 is 1.00. The summed E-state index contributed by atoms with van der Waals surface area (Å²) in [6.07, 6.45) is -0.497. The first-order chi connectivity index (χ1) is 6.63. The molecule has 0 aliphatic carbocycles. The lowest BCUT2D eigenvalue weighted by Crippen LogP contribution is -2.27. The monoisotopic (exact) mass is 258 g/mol. The Bertz CT molecular complexity index is 304. The van der Waals surface area contributed by atoms with Crippen LogP contribution in [0.3, 0.4) is 0 Å². The van der Waals surface area contributed by atoms with Gasteiger partial charge >= 0.3 is 0 Å². The van der Waals surface area contributed by atoms with Gasteiger partial charge in [-0.15, -0.1) is 0 Å². The molecule has 14 heavy (non-hydrogen) atoms. The van der Waals surface area contributed by atoms with E-state index in [2.05, 4.69) is 21.2 Å². The van der Waals surface area contributed by atoms with Crippen LogP contribution in [0.25, 0.3) is 0 Å². The van der Waals surface area contributed by atoms with Crippen molar-refractivity contribution in [2.24, 2.45) is 5.73 Å². The molecule has 0 aromatic heterocycles. The minimum absolute atomic E-state index is 0.274. The maximum Gasteiger partial charge on any atom is 0.0834 e. The fourth-order valence-corrected chi connectivity index (χ4v) is 1.71. The highest BCUT2D eigenvalue weighted by Gasteiger charge is 2.03. The summed E-state index contributed by atoms with van der Waals surface area (Å²) in [5, 5.41) is 12.4. The van der Waals surface area contributed by atoms with Crippen LogP contribution < -0.4 is 11.1 Å². The molecular formula is C10H15BrN2O. The van der Waals surface area contributed by atoms with Gasteiger partial charge in [0.25, 0.3) is 0 Å². The second-order valence-corrected chi connectivity index (χ2v) is 4.11. The topological polar surface area (TPSA) is 58.3 Å². The molecule has 0 spiro atoms. The van der Waals surface area contributed by atoms with Gasteiger partial charge in [0.05, 0.1) is 6.10 Å². The third-order valence-corrected chi connectivity index (χ3v) is 2.58. The normalized spacial score (nSPS) is 12.6. The van der Waals surface area contributed by atoms with Gasteiger partial charge in [-0.05, 0) is 40.5 Å². The molecule has 0 saturated carbocycles. The van der Waals surface area contributed by atoms with Crippen LogP contribution in [-0.4, -0.2) is 24.3 Å².